The molecule has 1 heterocycles. The van der Waals surface area contributed by atoms with E-state index in [0.29, 0.717) is 0 Å². The Morgan fingerprint density at radius 2 is 2.33 bits per heavy atom. The monoisotopic (exact) mass is 192 g/mol. The average molecular weight is 192 g/mol. The average Bonchev–Trinajstić information content (AvgIpc) is 2.38. The van der Waals surface area contributed by atoms with Crippen molar-refractivity contribution in [3.8, 4) is 0 Å². The van der Waals surface area contributed by atoms with Gasteiger partial charge in [-0.3, -0.25) is 4.55 Å². The van der Waals surface area contributed by atoms with Crippen molar-refractivity contribution < 1.29 is 13.0 Å². The van der Waals surface area contributed by atoms with E-state index in [1.54, 1.807) is 6.92 Å². The van der Waals surface area contributed by atoms with Crippen LogP contribution in [0.1, 0.15) is 24.4 Å². The van der Waals surface area contributed by atoms with E-state index in [-0.39, 0.29) is 12.2 Å². The Morgan fingerprint density at radius 3 is 2.67 bits per heavy atom. The molecule has 0 bridgehead atoms. The van der Waals surface area contributed by atoms with Crippen LogP contribution in [0.15, 0.2) is 0 Å². The summed E-state index contributed by atoms with van der Waals surface area (Å²) in [6.07, 6.45) is 0.207. The summed E-state index contributed by atoms with van der Waals surface area (Å²) in [6.45, 7) is 1.61. The summed E-state index contributed by atoms with van der Waals surface area (Å²) in [4.78, 5) is 0. The van der Waals surface area contributed by atoms with E-state index in [2.05, 4.69) is 20.6 Å². The molecular weight excluding hydrogens is 184 g/mol. The lowest BCUT2D eigenvalue weighted by Crippen LogP contribution is -2.12. The first kappa shape index (κ1) is 9.07. The van der Waals surface area contributed by atoms with Crippen molar-refractivity contribution in [1.82, 2.24) is 20.6 Å². The molecule has 1 rings (SSSR count). The molecule has 0 aliphatic carbocycles. The lowest BCUT2D eigenvalue weighted by Gasteiger charge is -2.04. The van der Waals surface area contributed by atoms with Crippen LogP contribution in [0.2, 0.25) is 0 Å². The van der Waals surface area contributed by atoms with Crippen molar-refractivity contribution in [3.63, 3.8) is 0 Å². The summed E-state index contributed by atoms with van der Waals surface area (Å²) in [5.74, 6) is -0.0139. The van der Waals surface area contributed by atoms with Gasteiger partial charge in [0.15, 0.2) is 5.82 Å². The van der Waals surface area contributed by atoms with Crippen molar-refractivity contribution in [2.45, 2.75) is 18.6 Å². The van der Waals surface area contributed by atoms with Gasteiger partial charge >= 0.3 is 0 Å². The molecule has 0 fully saturated rings. The number of hydrogen-bond acceptors (Lipinski definition) is 5. The number of H-pyrrole nitrogens is 1. The maximum Gasteiger partial charge on any atom is 0.275 e. The molecule has 12 heavy (non-hydrogen) atoms. The molecule has 2 N–H and O–H groups in total. The normalized spacial score (nSPS) is 14.5. The molecule has 1 unspecified atom stereocenters. The number of rotatable bonds is 3. The van der Waals surface area contributed by atoms with Crippen LogP contribution in [-0.4, -0.2) is 33.6 Å². The van der Waals surface area contributed by atoms with Gasteiger partial charge in [-0.15, -0.1) is 10.2 Å². The van der Waals surface area contributed by atoms with E-state index in [1.807, 2.05) is 0 Å². The lowest BCUT2D eigenvalue weighted by atomic mass is 10.3. The van der Waals surface area contributed by atoms with Gasteiger partial charge in [-0.2, -0.15) is 13.6 Å². The Bertz CT molecular complexity index is 331. The second-order valence-corrected chi connectivity index (χ2v) is 3.78. The molecule has 0 radical (unpaired) electrons. The number of hydrogen-bond donors (Lipinski definition) is 2. The standard InChI is InChI=1S/C4H8N4O3S/c1-2-3(12(9,10)11)4-5-7-8-6-4/h3H,2H2,1H3,(H,9,10,11)(H,5,6,7,8). The summed E-state index contributed by atoms with van der Waals surface area (Å²) in [7, 11) is -4.12. The molecule has 8 heteroatoms. The van der Waals surface area contributed by atoms with Crippen LogP contribution in [0.3, 0.4) is 0 Å². The van der Waals surface area contributed by atoms with Crippen molar-refractivity contribution in [2.75, 3.05) is 0 Å². The van der Waals surface area contributed by atoms with E-state index in [1.165, 1.54) is 0 Å². The van der Waals surface area contributed by atoms with Gasteiger partial charge in [0.25, 0.3) is 10.1 Å². The minimum Gasteiger partial charge on any atom is -0.285 e. The molecule has 7 nitrogen and oxygen atoms in total. The first-order chi connectivity index (χ1) is 5.55. The Kier molecular flexibility index (Phi) is 2.38. The largest absolute Gasteiger partial charge is 0.285 e. The molecule has 1 aromatic heterocycles. The second kappa shape index (κ2) is 3.15. The molecule has 0 aliphatic heterocycles. The highest BCUT2D eigenvalue weighted by molar-refractivity contribution is 7.86. The fourth-order valence-corrected chi connectivity index (χ4v) is 1.62. The van der Waals surface area contributed by atoms with Crippen LogP contribution in [-0.2, 0) is 10.1 Å². The Hall–Kier alpha value is -1.02. The lowest BCUT2D eigenvalue weighted by molar-refractivity contribution is 0.463. The highest BCUT2D eigenvalue weighted by Gasteiger charge is 2.26. The predicted octanol–water partition coefficient (Wildman–Crippen LogP) is -0.461. The topological polar surface area (TPSA) is 109 Å². The van der Waals surface area contributed by atoms with Crippen LogP contribution < -0.4 is 0 Å². The van der Waals surface area contributed by atoms with Gasteiger partial charge in [-0.05, 0) is 6.42 Å². The minimum absolute atomic E-state index is 0.0139. The third-order valence-corrected chi connectivity index (χ3v) is 2.64. The first-order valence-electron chi connectivity index (χ1n) is 3.25. The molecular formula is C4H8N4O3S. The number of nitrogens with one attached hydrogen (secondary N) is 1. The van der Waals surface area contributed by atoms with Crippen molar-refractivity contribution in [3.05, 3.63) is 5.82 Å². The van der Waals surface area contributed by atoms with Gasteiger partial charge in [0.05, 0.1) is 0 Å². The number of tetrazole rings is 1. The molecule has 0 saturated carbocycles. The van der Waals surface area contributed by atoms with Crippen molar-refractivity contribution >= 4 is 10.1 Å². The zero-order chi connectivity index (χ0) is 9.19. The molecule has 0 saturated heterocycles. The molecule has 0 spiro atoms. The van der Waals surface area contributed by atoms with Crippen LogP contribution >= 0.6 is 0 Å². The van der Waals surface area contributed by atoms with E-state index < -0.39 is 15.4 Å². The quantitative estimate of drug-likeness (QED) is 0.627. The van der Waals surface area contributed by atoms with Crippen LogP contribution in [0.25, 0.3) is 0 Å². The summed E-state index contributed by atoms with van der Waals surface area (Å²) >= 11 is 0. The number of nitrogens with zero attached hydrogens (tertiary/aromatic N) is 3. The smallest absolute Gasteiger partial charge is 0.275 e. The third kappa shape index (κ3) is 1.77. The van der Waals surface area contributed by atoms with Gasteiger partial charge in [-0.1, -0.05) is 12.1 Å². The summed E-state index contributed by atoms with van der Waals surface area (Å²) in [5, 5.41) is 11.2. The highest BCUT2D eigenvalue weighted by Crippen LogP contribution is 2.19. The van der Waals surface area contributed by atoms with Gasteiger partial charge in [-0.25, -0.2) is 0 Å². The molecule has 1 atom stereocenters. The predicted molar refractivity (Wildman–Crippen MR) is 38.8 cm³/mol. The first-order valence-corrected chi connectivity index (χ1v) is 4.75. The zero-order valence-corrected chi connectivity index (χ0v) is 7.11. The Labute approximate surface area is 68.9 Å². The van der Waals surface area contributed by atoms with Gasteiger partial charge in [0, 0.05) is 0 Å². The molecule has 0 aromatic carbocycles. The molecule has 0 aliphatic rings. The minimum atomic E-state index is -4.12. The summed E-state index contributed by atoms with van der Waals surface area (Å²) < 4.78 is 30.1. The Balaban J connectivity index is 3.00. The maximum atomic E-state index is 10.7. The van der Waals surface area contributed by atoms with E-state index in [0.717, 1.165) is 0 Å². The van der Waals surface area contributed by atoms with E-state index in [4.69, 9.17) is 4.55 Å². The highest BCUT2D eigenvalue weighted by atomic mass is 32.2. The fourth-order valence-electron chi connectivity index (χ4n) is 0.832. The summed E-state index contributed by atoms with van der Waals surface area (Å²) in [5.41, 5.74) is 0. The van der Waals surface area contributed by atoms with Crippen LogP contribution in [0.5, 0.6) is 0 Å². The fraction of sp³-hybridized carbons (Fsp3) is 0.750. The van der Waals surface area contributed by atoms with Gasteiger partial charge in [0.2, 0.25) is 0 Å². The Morgan fingerprint density at radius 1 is 1.67 bits per heavy atom. The maximum absolute atomic E-state index is 10.7. The second-order valence-electron chi connectivity index (χ2n) is 2.18. The summed E-state index contributed by atoms with van der Waals surface area (Å²) in [6, 6.07) is 0. The van der Waals surface area contributed by atoms with Crippen molar-refractivity contribution in [2.24, 2.45) is 0 Å². The third-order valence-electron chi connectivity index (χ3n) is 1.38. The molecule has 1 aromatic rings. The van der Waals surface area contributed by atoms with Crippen LogP contribution in [0.4, 0.5) is 0 Å². The number of aromatic amines is 1. The van der Waals surface area contributed by atoms with Gasteiger partial charge < -0.3 is 0 Å². The number of aromatic nitrogens is 4. The SMILES string of the molecule is CCC(c1nn[nH]n1)S(=O)(=O)O. The van der Waals surface area contributed by atoms with Crippen LogP contribution in [0, 0.1) is 0 Å². The van der Waals surface area contributed by atoms with Crippen molar-refractivity contribution in [1.29, 1.82) is 0 Å². The zero-order valence-electron chi connectivity index (χ0n) is 6.30. The molecule has 0 amide bonds. The van der Waals surface area contributed by atoms with E-state index >= 15 is 0 Å². The van der Waals surface area contributed by atoms with E-state index in [9.17, 15) is 8.42 Å². The van der Waals surface area contributed by atoms with Gasteiger partial charge in [0.1, 0.15) is 5.25 Å². The molecule has 68 valence electrons.